The molecule has 8 heteroatoms. The third-order valence-corrected chi connectivity index (χ3v) is 6.36. The first-order chi connectivity index (χ1) is 18.0. The van der Waals surface area contributed by atoms with Crippen molar-refractivity contribution >= 4 is 28.5 Å². The summed E-state index contributed by atoms with van der Waals surface area (Å²) in [6.45, 7) is 3.99. The molecular weight excluding hydrogens is 466 g/mol. The molecular formula is C29H27N5O3. The molecule has 1 N–H and O–H groups in total. The summed E-state index contributed by atoms with van der Waals surface area (Å²) in [5, 5.41) is 11.4. The maximum absolute atomic E-state index is 14.1. The van der Waals surface area contributed by atoms with Gasteiger partial charge in [0.1, 0.15) is 23.9 Å². The number of anilines is 1. The van der Waals surface area contributed by atoms with E-state index in [2.05, 4.69) is 15.6 Å². The second kappa shape index (κ2) is 10.5. The van der Waals surface area contributed by atoms with Crippen molar-refractivity contribution in [1.82, 2.24) is 20.3 Å². The Balaban J connectivity index is 1.58. The summed E-state index contributed by atoms with van der Waals surface area (Å²) in [5.74, 6) is 0.0249. The van der Waals surface area contributed by atoms with E-state index in [1.807, 2.05) is 86.6 Å². The van der Waals surface area contributed by atoms with Crippen LogP contribution in [0.3, 0.4) is 0 Å². The van der Waals surface area contributed by atoms with Gasteiger partial charge in [-0.25, -0.2) is 4.68 Å². The molecule has 0 saturated carbocycles. The highest BCUT2D eigenvalue weighted by atomic mass is 16.3. The van der Waals surface area contributed by atoms with Crippen LogP contribution in [0.25, 0.3) is 11.0 Å². The monoisotopic (exact) mass is 493 g/mol. The Morgan fingerprint density at radius 2 is 1.65 bits per heavy atom. The molecule has 2 aromatic heterocycles. The molecule has 0 aliphatic rings. The van der Waals surface area contributed by atoms with Crippen LogP contribution in [0.4, 0.5) is 5.69 Å². The van der Waals surface area contributed by atoms with Crippen molar-refractivity contribution in [3.05, 3.63) is 114 Å². The van der Waals surface area contributed by atoms with Crippen LogP contribution in [0.5, 0.6) is 0 Å². The van der Waals surface area contributed by atoms with E-state index in [4.69, 9.17) is 4.42 Å². The molecule has 0 aliphatic carbocycles. The molecule has 5 aromatic rings. The zero-order valence-electron chi connectivity index (χ0n) is 20.7. The first-order valence-electron chi connectivity index (χ1n) is 12.0. The van der Waals surface area contributed by atoms with Gasteiger partial charge in [0.25, 0.3) is 0 Å². The number of para-hydroxylation sites is 2. The molecule has 0 bridgehead atoms. The van der Waals surface area contributed by atoms with Gasteiger partial charge in [0.05, 0.1) is 18.3 Å². The maximum atomic E-state index is 14.1. The number of carbonyl (C=O) groups excluding carboxylic acids is 2. The molecule has 0 saturated heterocycles. The van der Waals surface area contributed by atoms with Gasteiger partial charge in [-0.1, -0.05) is 59.8 Å². The van der Waals surface area contributed by atoms with E-state index in [0.717, 1.165) is 22.2 Å². The summed E-state index contributed by atoms with van der Waals surface area (Å²) in [4.78, 5) is 29.5. The molecule has 8 nitrogen and oxygen atoms in total. The number of nitrogens with one attached hydrogen (secondary N) is 1. The van der Waals surface area contributed by atoms with Crippen molar-refractivity contribution in [2.24, 2.45) is 0 Å². The molecule has 0 radical (unpaired) electrons. The van der Waals surface area contributed by atoms with Crippen molar-refractivity contribution in [3.8, 4) is 0 Å². The lowest BCUT2D eigenvalue weighted by Gasteiger charge is -2.33. The van der Waals surface area contributed by atoms with Crippen LogP contribution in [0.15, 0.2) is 95.6 Å². The summed E-state index contributed by atoms with van der Waals surface area (Å²) in [5.41, 5.74) is 4.60. The quantitative estimate of drug-likeness (QED) is 0.337. The highest BCUT2D eigenvalue weighted by Gasteiger charge is 2.34. The zero-order valence-corrected chi connectivity index (χ0v) is 20.7. The molecule has 186 valence electrons. The normalized spacial score (nSPS) is 11.8. The van der Waals surface area contributed by atoms with Crippen molar-refractivity contribution in [2.45, 2.75) is 33.0 Å². The molecule has 1 atom stereocenters. The number of fused-ring (bicyclic) bond motifs is 1. The number of aromatic nitrogens is 3. The zero-order chi connectivity index (χ0) is 25.8. The van der Waals surface area contributed by atoms with Crippen molar-refractivity contribution in [3.63, 3.8) is 0 Å². The van der Waals surface area contributed by atoms with E-state index in [9.17, 15) is 9.59 Å². The standard InChI is InChI=1S/C29H27N5O3/c1-20-10-3-5-13-23(20)28(29(36)30-18-22-12-9-17-37-22)34(25-15-7-4-11-21(25)2)27(35)19-33-26-16-8-6-14-24(26)31-32-33/h3-17,28H,18-19H2,1-2H3,(H,30,36). The van der Waals surface area contributed by atoms with E-state index in [1.165, 1.54) is 0 Å². The van der Waals surface area contributed by atoms with E-state index in [-0.39, 0.29) is 24.9 Å². The first kappa shape index (κ1) is 24.0. The lowest BCUT2D eigenvalue weighted by Crippen LogP contribution is -2.45. The Kier molecular flexibility index (Phi) is 6.81. The van der Waals surface area contributed by atoms with Gasteiger partial charge in [-0.05, 0) is 60.9 Å². The Labute approximate surface area is 214 Å². The number of carbonyl (C=O) groups is 2. The number of furan rings is 1. The molecule has 2 heterocycles. The largest absolute Gasteiger partial charge is 0.467 e. The molecule has 37 heavy (non-hydrogen) atoms. The van der Waals surface area contributed by atoms with Crippen molar-refractivity contribution in [1.29, 1.82) is 0 Å². The predicted molar refractivity (Wildman–Crippen MR) is 141 cm³/mol. The molecule has 3 aromatic carbocycles. The fourth-order valence-electron chi connectivity index (χ4n) is 4.46. The smallest absolute Gasteiger partial charge is 0.249 e. The SMILES string of the molecule is Cc1ccccc1C(C(=O)NCc1ccco1)N(C(=O)Cn1nnc2ccccc21)c1ccccc1C. The molecule has 0 spiro atoms. The number of amides is 2. The van der Waals surface area contributed by atoms with Crippen LogP contribution in [0.1, 0.15) is 28.5 Å². The Hall–Kier alpha value is -4.72. The fourth-order valence-corrected chi connectivity index (χ4v) is 4.46. The van der Waals surface area contributed by atoms with Crippen molar-refractivity contribution < 1.29 is 14.0 Å². The maximum Gasteiger partial charge on any atom is 0.249 e. The summed E-state index contributed by atoms with van der Waals surface area (Å²) < 4.78 is 6.97. The van der Waals surface area contributed by atoms with E-state index >= 15 is 0 Å². The Bertz CT molecular complexity index is 1540. The van der Waals surface area contributed by atoms with Crippen LogP contribution >= 0.6 is 0 Å². The van der Waals surface area contributed by atoms with Gasteiger partial charge in [-0.3, -0.25) is 14.5 Å². The van der Waals surface area contributed by atoms with E-state index in [0.29, 0.717) is 17.0 Å². The number of benzene rings is 3. The Morgan fingerprint density at radius 1 is 0.919 bits per heavy atom. The van der Waals surface area contributed by atoms with Crippen LogP contribution in [0, 0.1) is 13.8 Å². The summed E-state index contributed by atoms with van der Waals surface area (Å²) in [6.07, 6.45) is 1.56. The highest BCUT2D eigenvalue weighted by molar-refractivity contribution is 6.02. The van der Waals surface area contributed by atoms with Crippen LogP contribution in [-0.4, -0.2) is 26.8 Å². The molecule has 2 amide bonds. The lowest BCUT2D eigenvalue weighted by molar-refractivity contribution is -0.127. The van der Waals surface area contributed by atoms with Gasteiger partial charge in [-0.2, -0.15) is 0 Å². The predicted octanol–water partition coefficient (Wildman–Crippen LogP) is 4.73. The van der Waals surface area contributed by atoms with Gasteiger partial charge < -0.3 is 9.73 Å². The number of hydrogen-bond acceptors (Lipinski definition) is 5. The minimum atomic E-state index is -0.917. The number of nitrogens with zero attached hydrogens (tertiary/aromatic N) is 4. The minimum Gasteiger partial charge on any atom is -0.467 e. The second-order valence-electron chi connectivity index (χ2n) is 8.84. The van der Waals surface area contributed by atoms with Crippen LogP contribution < -0.4 is 10.2 Å². The Morgan fingerprint density at radius 3 is 2.41 bits per heavy atom. The first-order valence-corrected chi connectivity index (χ1v) is 12.0. The number of rotatable bonds is 8. The van der Waals surface area contributed by atoms with Gasteiger partial charge in [0, 0.05) is 5.69 Å². The van der Waals surface area contributed by atoms with Gasteiger partial charge in [-0.15, -0.1) is 5.10 Å². The average molecular weight is 494 g/mol. The van der Waals surface area contributed by atoms with Gasteiger partial charge in [0.2, 0.25) is 11.8 Å². The van der Waals surface area contributed by atoms with Crippen molar-refractivity contribution in [2.75, 3.05) is 4.90 Å². The van der Waals surface area contributed by atoms with Gasteiger partial charge >= 0.3 is 0 Å². The molecule has 1 unspecified atom stereocenters. The number of hydrogen-bond donors (Lipinski definition) is 1. The van der Waals surface area contributed by atoms with Crippen LogP contribution in [0.2, 0.25) is 0 Å². The highest BCUT2D eigenvalue weighted by Crippen LogP contribution is 2.32. The lowest BCUT2D eigenvalue weighted by atomic mass is 9.97. The van der Waals surface area contributed by atoms with E-state index < -0.39 is 6.04 Å². The molecule has 0 aliphatic heterocycles. The summed E-state index contributed by atoms with van der Waals surface area (Å²) >= 11 is 0. The van der Waals surface area contributed by atoms with E-state index in [1.54, 1.807) is 28.0 Å². The molecule has 5 rings (SSSR count). The summed E-state index contributed by atoms with van der Waals surface area (Å²) in [7, 11) is 0. The average Bonchev–Trinajstić information content (AvgIpc) is 3.57. The second-order valence-corrected chi connectivity index (χ2v) is 8.84. The summed E-state index contributed by atoms with van der Waals surface area (Å²) in [6, 6.07) is 25.3. The number of aryl methyl sites for hydroxylation is 2. The third kappa shape index (κ3) is 4.99. The minimum absolute atomic E-state index is 0.0807. The fraction of sp³-hybridized carbons (Fsp3) is 0.172. The third-order valence-electron chi connectivity index (χ3n) is 6.36. The molecule has 0 fully saturated rings. The van der Waals surface area contributed by atoms with Gasteiger partial charge in [0.15, 0.2) is 0 Å². The topological polar surface area (TPSA) is 93.3 Å². The van der Waals surface area contributed by atoms with Crippen LogP contribution in [-0.2, 0) is 22.7 Å².